The van der Waals surface area contributed by atoms with Crippen molar-refractivity contribution < 1.29 is 9.66 Å². The molecule has 0 saturated carbocycles. The van der Waals surface area contributed by atoms with Gasteiger partial charge in [0.2, 0.25) is 0 Å². The summed E-state index contributed by atoms with van der Waals surface area (Å²) in [6, 6.07) is 4.56. The molecule has 1 aromatic heterocycles. The zero-order chi connectivity index (χ0) is 15.4. The number of benzene rings is 1. The quantitative estimate of drug-likeness (QED) is 0.645. The summed E-state index contributed by atoms with van der Waals surface area (Å²) in [5, 5.41) is 10.9. The molecule has 0 aliphatic rings. The molecule has 1 aromatic carbocycles. The monoisotopic (exact) mass is 290 g/mol. The van der Waals surface area contributed by atoms with Crippen LogP contribution in [0.3, 0.4) is 0 Å². The van der Waals surface area contributed by atoms with E-state index in [1.807, 2.05) is 17.7 Å². The van der Waals surface area contributed by atoms with E-state index in [2.05, 4.69) is 4.98 Å². The molecule has 1 atom stereocenters. The summed E-state index contributed by atoms with van der Waals surface area (Å²) in [5.74, 6) is 1.46. The molecule has 0 aliphatic carbocycles. The van der Waals surface area contributed by atoms with Gasteiger partial charge in [-0.3, -0.25) is 10.1 Å². The van der Waals surface area contributed by atoms with Crippen molar-refractivity contribution in [3.63, 3.8) is 0 Å². The Kier molecular flexibility index (Phi) is 4.54. The normalized spacial score (nSPS) is 12.1. The first-order chi connectivity index (χ1) is 10.0. The Balaban J connectivity index is 2.32. The molecule has 0 spiro atoms. The van der Waals surface area contributed by atoms with Crippen molar-refractivity contribution in [2.24, 2.45) is 5.73 Å². The van der Waals surface area contributed by atoms with Gasteiger partial charge in [-0.1, -0.05) is 0 Å². The maximum absolute atomic E-state index is 10.9. The molecule has 0 fully saturated rings. The van der Waals surface area contributed by atoms with Gasteiger partial charge in [0.15, 0.2) is 0 Å². The van der Waals surface area contributed by atoms with Gasteiger partial charge in [-0.15, -0.1) is 0 Å². The minimum atomic E-state index is -0.417. The van der Waals surface area contributed by atoms with Gasteiger partial charge in [0, 0.05) is 42.6 Å². The summed E-state index contributed by atoms with van der Waals surface area (Å²) >= 11 is 0. The van der Waals surface area contributed by atoms with Crippen molar-refractivity contribution in [2.45, 2.75) is 25.9 Å². The number of hydrogen-bond acceptors (Lipinski definition) is 5. The van der Waals surface area contributed by atoms with Crippen LogP contribution in [0.5, 0.6) is 5.75 Å². The van der Waals surface area contributed by atoms with Crippen molar-refractivity contribution >= 4 is 5.69 Å². The second-order valence-electron chi connectivity index (χ2n) is 4.91. The second kappa shape index (κ2) is 6.36. The molecule has 1 unspecified atom stereocenters. The zero-order valence-electron chi connectivity index (χ0n) is 12.0. The Morgan fingerprint density at radius 3 is 2.90 bits per heavy atom. The molecule has 0 bridgehead atoms. The van der Waals surface area contributed by atoms with Crippen molar-refractivity contribution in [1.29, 1.82) is 0 Å². The van der Waals surface area contributed by atoms with Gasteiger partial charge in [-0.2, -0.15) is 0 Å². The molecule has 0 saturated heterocycles. The summed E-state index contributed by atoms with van der Waals surface area (Å²) in [5.41, 5.74) is 6.57. The van der Waals surface area contributed by atoms with Crippen LogP contribution >= 0.6 is 0 Å². The predicted octanol–water partition coefficient (Wildman–Crippen LogP) is 1.74. The summed E-state index contributed by atoms with van der Waals surface area (Å²) in [6.07, 6.45) is 4.17. The van der Waals surface area contributed by atoms with Crippen LogP contribution in [0.25, 0.3) is 0 Å². The largest absolute Gasteiger partial charge is 0.496 e. The van der Waals surface area contributed by atoms with Gasteiger partial charge in [0.1, 0.15) is 11.6 Å². The average molecular weight is 290 g/mol. The summed E-state index contributed by atoms with van der Waals surface area (Å²) in [6.45, 7) is 2.36. The van der Waals surface area contributed by atoms with E-state index in [4.69, 9.17) is 10.5 Å². The van der Waals surface area contributed by atoms with E-state index in [1.54, 1.807) is 19.4 Å². The van der Waals surface area contributed by atoms with Gasteiger partial charge in [0.25, 0.3) is 5.69 Å². The van der Waals surface area contributed by atoms with Crippen molar-refractivity contribution in [1.82, 2.24) is 9.55 Å². The van der Waals surface area contributed by atoms with Crippen LogP contribution in [0.15, 0.2) is 30.6 Å². The number of nitrogens with zero attached hydrogens (tertiary/aromatic N) is 3. The Morgan fingerprint density at radius 2 is 2.29 bits per heavy atom. The number of ether oxygens (including phenoxy) is 1. The highest BCUT2D eigenvalue weighted by Crippen LogP contribution is 2.25. The minimum Gasteiger partial charge on any atom is -0.496 e. The maximum atomic E-state index is 10.9. The van der Waals surface area contributed by atoms with Crippen molar-refractivity contribution in [3.05, 3.63) is 52.1 Å². The number of nitro benzene ring substituents is 1. The fourth-order valence-electron chi connectivity index (χ4n) is 2.15. The Morgan fingerprint density at radius 1 is 1.52 bits per heavy atom. The Labute approximate surface area is 122 Å². The molecule has 0 radical (unpaired) electrons. The summed E-state index contributed by atoms with van der Waals surface area (Å²) < 4.78 is 7.19. The van der Waals surface area contributed by atoms with Crippen LogP contribution in [0.4, 0.5) is 5.69 Å². The standard InChI is InChI=1S/C14H18N4O3/c1-10(15)7-14-16-5-6-17(14)9-11-8-12(18(19)20)3-4-13(11)21-2/h3-6,8,10H,7,9,15H2,1-2H3. The van der Waals surface area contributed by atoms with Crippen LogP contribution < -0.4 is 10.5 Å². The van der Waals surface area contributed by atoms with E-state index >= 15 is 0 Å². The van der Waals surface area contributed by atoms with Crippen LogP contribution in [-0.2, 0) is 13.0 Å². The van der Waals surface area contributed by atoms with Crippen LogP contribution in [0.2, 0.25) is 0 Å². The topological polar surface area (TPSA) is 96.2 Å². The lowest BCUT2D eigenvalue weighted by atomic mass is 10.1. The third-order valence-corrected chi connectivity index (χ3v) is 3.12. The maximum Gasteiger partial charge on any atom is 0.270 e. The first-order valence-corrected chi connectivity index (χ1v) is 6.58. The number of imidazole rings is 1. The number of nitrogens with two attached hydrogens (primary N) is 1. The fraction of sp³-hybridized carbons (Fsp3) is 0.357. The molecule has 7 heteroatoms. The first kappa shape index (κ1) is 15.0. The molecular formula is C14H18N4O3. The van der Waals surface area contributed by atoms with Crippen LogP contribution in [0, 0.1) is 10.1 Å². The van der Waals surface area contributed by atoms with Crippen molar-refractivity contribution in [2.75, 3.05) is 7.11 Å². The highest BCUT2D eigenvalue weighted by atomic mass is 16.6. The lowest BCUT2D eigenvalue weighted by Gasteiger charge is -2.12. The number of aromatic nitrogens is 2. The van der Waals surface area contributed by atoms with Gasteiger partial charge < -0.3 is 15.0 Å². The number of rotatable bonds is 6. The molecule has 21 heavy (non-hydrogen) atoms. The fourth-order valence-corrected chi connectivity index (χ4v) is 2.15. The number of non-ortho nitro benzene ring substituents is 1. The molecule has 0 amide bonds. The van der Waals surface area contributed by atoms with Gasteiger partial charge in [-0.05, 0) is 13.0 Å². The Hall–Kier alpha value is -2.41. The molecule has 1 heterocycles. The predicted molar refractivity (Wildman–Crippen MR) is 78.3 cm³/mol. The number of methoxy groups -OCH3 is 1. The molecule has 7 nitrogen and oxygen atoms in total. The molecule has 2 rings (SSSR count). The van der Waals surface area contributed by atoms with E-state index in [-0.39, 0.29) is 11.7 Å². The first-order valence-electron chi connectivity index (χ1n) is 6.58. The van der Waals surface area contributed by atoms with Gasteiger partial charge in [0.05, 0.1) is 18.6 Å². The van der Waals surface area contributed by atoms with E-state index < -0.39 is 4.92 Å². The number of hydrogen-bond donors (Lipinski definition) is 1. The summed E-state index contributed by atoms with van der Waals surface area (Å²) in [7, 11) is 1.54. The van der Waals surface area contributed by atoms with Crippen LogP contribution in [-0.4, -0.2) is 27.6 Å². The lowest BCUT2D eigenvalue weighted by molar-refractivity contribution is -0.384. The van der Waals surface area contributed by atoms with E-state index in [9.17, 15) is 10.1 Å². The lowest BCUT2D eigenvalue weighted by Crippen LogP contribution is -2.20. The van der Waals surface area contributed by atoms with Gasteiger partial charge in [-0.25, -0.2) is 4.98 Å². The molecular weight excluding hydrogens is 272 g/mol. The number of nitro groups is 1. The van der Waals surface area contributed by atoms with E-state index in [0.717, 1.165) is 11.4 Å². The SMILES string of the molecule is COc1ccc([N+](=O)[O-])cc1Cn1ccnc1CC(C)N. The average Bonchev–Trinajstić information content (AvgIpc) is 2.85. The van der Waals surface area contributed by atoms with E-state index in [0.29, 0.717) is 18.7 Å². The minimum absolute atomic E-state index is 0.00171. The third kappa shape index (κ3) is 3.57. The highest BCUT2D eigenvalue weighted by molar-refractivity contribution is 5.44. The third-order valence-electron chi connectivity index (χ3n) is 3.12. The summed E-state index contributed by atoms with van der Waals surface area (Å²) in [4.78, 5) is 14.8. The second-order valence-corrected chi connectivity index (χ2v) is 4.91. The molecule has 0 aliphatic heterocycles. The molecule has 112 valence electrons. The highest BCUT2D eigenvalue weighted by Gasteiger charge is 2.13. The smallest absolute Gasteiger partial charge is 0.270 e. The Bertz CT molecular complexity index is 637. The van der Waals surface area contributed by atoms with Crippen molar-refractivity contribution in [3.8, 4) is 5.75 Å². The van der Waals surface area contributed by atoms with Gasteiger partial charge >= 0.3 is 0 Å². The van der Waals surface area contributed by atoms with E-state index in [1.165, 1.54) is 12.1 Å². The molecule has 2 N–H and O–H groups in total. The van der Waals surface area contributed by atoms with Crippen LogP contribution in [0.1, 0.15) is 18.3 Å². The molecule has 2 aromatic rings. The zero-order valence-corrected chi connectivity index (χ0v) is 12.0.